The highest BCUT2D eigenvalue weighted by Gasteiger charge is 2.30. The van der Waals surface area contributed by atoms with Crippen LogP contribution in [-0.2, 0) is 16.6 Å². The second kappa shape index (κ2) is 5.60. The zero-order valence-electron chi connectivity index (χ0n) is 11.7. The van der Waals surface area contributed by atoms with Crippen molar-refractivity contribution in [3.63, 3.8) is 0 Å². The molecule has 1 heterocycles. The lowest BCUT2D eigenvalue weighted by atomic mass is 9.86. The molecule has 1 aliphatic rings. The second-order valence-corrected chi connectivity index (χ2v) is 7.21. The highest BCUT2D eigenvalue weighted by Crippen LogP contribution is 2.29. The third kappa shape index (κ3) is 2.82. The first kappa shape index (κ1) is 14.5. The summed E-state index contributed by atoms with van der Waals surface area (Å²) in [6.45, 7) is 2.92. The minimum Gasteiger partial charge on any atom is -0.316 e. The third-order valence-corrected chi connectivity index (χ3v) is 5.58. The maximum atomic E-state index is 12.5. The molecule has 0 bridgehead atoms. The van der Waals surface area contributed by atoms with Crippen molar-refractivity contribution in [3.05, 3.63) is 11.3 Å². The molecule has 0 spiro atoms. The van der Waals surface area contributed by atoms with Gasteiger partial charge in [0.05, 0.1) is 0 Å². The molecular formula is C12H22N4O2S. The van der Waals surface area contributed by atoms with Crippen LogP contribution in [0.1, 0.15) is 30.5 Å². The zero-order valence-corrected chi connectivity index (χ0v) is 12.5. The molecule has 0 amide bonds. The molecule has 0 unspecified atom stereocenters. The molecule has 7 heteroatoms. The van der Waals surface area contributed by atoms with Crippen molar-refractivity contribution >= 4 is 10.0 Å². The van der Waals surface area contributed by atoms with E-state index in [0.29, 0.717) is 19.0 Å². The number of aromatic amines is 1. The van der Waals surface area contributed by atoms with E-state index in [0.717, 1.165) is 24.1 Å². The number of nitrogens with one attached hydrogen (secondary N) is 2. The summed E-state index contributed by atoms with van der Waals surface area (Å²) in [6, 6.07) is 0. The first-order chi connectivity index (χ1) is 8.96. The summed E-state index contributed by atoms with van der Waals surface area (Å²) in [7, 11) is -0.0590. The van der Waals surface area contributed by atoms with Gasteiger partial charge in [-0.3, -0.25) is 5.10 Å². The summed E-state index contributed by atoms with van der Waals surface area (Å²) in [5, 5.41) is 9.89. The topological polar surface area (TPSA) is 78.1 Å². The van der Waals surface area contributed by atoms with E-state index < -0.39 is 10.0 Å². The fourth-order valence-corrected chi connectivity index (χ4v) is 3.71. The normalized spacial score (nSPS) is 16.8. The van der Waals surface area contributed by atoms with E-state index in [1.807, 2.05) is 6.92 Å². The smallest absolute Gasteiger partial charge is 0.262 e. The van der Waals surface area contributed by atoms with Gasteiger partial charge in [0, 0.05) is 31.4 Å². The average molecular weight is 286 g/mol. The third-order valence-electron chi connectivity index (χ3n) is 3.78. The van der Waals surface area contributed by atoms with Crippen LogP contribution in [0.3, 0.4) is 0 Å². The van der Waals surface area contributed by atoms with Gasteiger partial charge in [-0.05, 0) is 32.7 Å². The monoisotopic (exact) mass is 286 g/mol. The number of hydrogen-bond acceptors (Lipinski definition) is 4. The van der Waals surface area contributed by atoms with Crippen molar-refractivity contribution in [1.82, 2.24) is 19.8 Å². The Hall–Kier alpha value is -0.920. The van der Waals surface area contributed by atoms with Gasteiger partial charge < -0.3 is 5.32 Å². The van der Waals surface area contributed by atoms with E-state index in [2.05, 4.69) is 15.5 Å². The number of aromatic nitrogens is 2. The van der Waals surface area contributed by atoms with Crippen LogP contribution in [0.4, 0.5) is 0 Å². The van der Waals surface area contributed by atoms with Gasteiger partial charge in [0.25, 0.3) is 10.0 Å². The van der Waals surface area contributed by atoms with Crippen LogP contribution in [0.15, 0.2) is 5.03 Å². The Labute approximate surface area is 114 Å². The molecule has 1 fully saturated rings. The van der Waals surface area contributed by atoms with Gasteiger partial charge in [0.1, 0.15) is 0 Å². The highest BCUT2D eigenvalue weighted by atomic mass is 32.2. The minimum atomic E-state index is -3.49. The van der Waals surface area contributed by atoms with Crippen molar-refractivity contribution in [1.29, 1.82) is 0 Å². The molecule has 19 heavy (non-hydrogen) atoms. The van der Waals surface area contributed by atoms with Crippen LogP contribution in [0.2, 0.25) is 0 Å². The Balaban J connectivity index is 2.22. The van der Waals surface area contributed by atoms with Crippen LogP contribution >= 0.6 is 0 Å². The fourth-order valence-electron chi connectivity index (χ4n) is 2.31. The van der Waals surface area contributed by atoms with Crippen molar-refractivity contribution in [2.24, 2.45) is 5.92 Å². The molecule has 2 rings (SSSR count). The Morgan fingerprint density at radius 2 is 2.16 bits per heavy atom. The maximum Gasteiger partial charge on any atom is 0.262 e. The van der Waals surface area contributed by atoms with E-state index in [1.54, 1.807) is 14.1 Å². The lowest BCUT2D eigenvalue weighted by Crippen LogP contribution is -2.35. The SMILES string of the molecule is CNCc1c(S(=O)(=O)N(C)CC2CCC2)n[nH]c1C. The standard InChI is InChI=1S/C12H22N4O2S/c1-9-11(7-13-2)12(15-14-9)19(17,18)16(3)8-10-5-4-6-10/h10,13H,4-8H2,1-3H3,(H,14,15). The highest BCUT2D eigenvalue weighted by molar-refractivity contribution is 7.89. The van der Waals surface area contributed by atoms with Crippen LogP contribution in [0, 0.1) is 12.8 Å². The molecule has 1 aliphatic carbocycles. The first-order valence-corrected chi connectivity index (χ1v) is 8.05. The van der Waals surface area contributed by atoms with E-state index in [4.69, 9.17) is 0 Å². The number of rotatable bonds is 6. The largest absolute Gasteiger partial charge is 0.316 e. The van der Waals surface area contributed by atoms with E-state index in [-0.39, 0.29) is 5.03 Å². The number of hydrogen-bond donors (Lipinski definition) is 2. The van der Waals surface area contributed by atoms with Crippen LogP contribution in [0.25, 0.3) is 0 Å². The molecule has 0 saturated heterocycles. The van der Waals surface area contributed by atoms with Crippen LogP contribution in [-0.4, -0.2) is 43.6 Å². The summed E-state index contributed by atoms with van der Waals surface area (Å²) < 4.78 is 26.5. The van der Waals surface area contributed by atoms with Crippen molar-refractivity contribution in [2.45, 2.75) is 37.8 Å². The lowest BCUT2D eigenvalue weighted by Gasteiger charge is -2.29. The average Bonchev–Trinajstić information content (AvgIpc) is 2.66. The van der Waals surface area contributed by atoms with Gasteiger partial charge in [-0.1, -0.05) is 6.42 Å². The molecule has 0 radical (unpaired) electrons. The Bertz CT molecular complexity index is 534. The second-order valence-electron chi connectivity index (χ2n) is 5.25. The molecule has 1 saturated carbocycles. The fraction of sp³-hybridized carbons (Fsp3) is 0.750. The number of H-pyrrole nitrogens is 1. The molecule has 1 aromatic rings. The molecule has 2 N–H and O–H groups in total. The van der Waals surface area contributed by atoms with Gasteiger partial charge in [-0.25, -0.2) is 8.42 Å². The molecule has 0 atom stereocenters. The Kier molecular flexibility index (Phi) is 4.27. The first-order valence-electron chi connectivity index (χ1n) is 6.61. The quantitative estimate of drug-likeness (QED) is 0.813. The van der Waals surface area contributed by atoms with Crippen molar-refractivity contribution < 1.29 is 8.42 Å². The van der Waals surface area contributed by atoms with E-state index >= 15 is 0 Å². The molecular weight excluding hydrogens is 264 g/mol. The minimum absolute atomic E-state index is 0.154. The number of sulfonamides is 1. The predicted octanol–water partition coefficient (Wildman–Crippen LogP) is 0.858. The molecule has 6 nitrogen and oxygen atoms in total. The van der Waals surface area contributed by atoms with Gasteiger partial charge in [0.2, 0.25) is 0 Å². The van der Waals surface area contributed by atoms with Gasteiger partial charge in [-0.15, -0.1) is 0 Å². The Morgan fingerprint density at radius 1 is 1.47 bits per heavy atom. The summed E-state index contributed by atoms with van der Waals surface area (Å²) in [5.41, 5.74) is 1.52. The van der Waals surface area contributed by atoms with Gasteiger partial charge in [-0.2, -0.15) is 9.40 Å². The van der Waals surface area contributed by atoms with Gasteiger partial charge >= 0.3 is 0 Å². The zero-order chi connectivity index (χ0) is 14.0. The summed E-state index contributed by atoms with van der Waals surface area (Å²) in [4.78, 5) is 0. The maximum absolute atomic E-state index is 12.5. The van der Waals surface area contributed by atoms with Gasteiger partial charge in [0.15, 0.2) is 5.03 Å². The number of aryl methyl sites for hydroxylation is 1. The van der Waals surface area contributed by atoms with Crippen LogP contribution < -0.4 is 5.32 Å². The van der Waals surface area contributed by atoms with Crippen molar-refractivity contribution in [2.75, 3.05) is 20.6 Å². The molecule has 0 aromatic carbocycles. The van der Waals surface area contributed by atoms with Crippen LogP contribution in [0.5, 0.6) is 0 Å². The lowest BCUT2D eigenvalue weighted by molar-refractivity contribution is 0.262. The van der Waals surface area contributed by atoms with E-state index in [9.17, 15) is 8.42 Å². The molecule has 108 valence electrons. The molecule has 1 aromatic heterocycles. The number of nitrogens with zero attached hydrogens (tertiary/aromatic N) is 2. The predicted molar refractivity (Wildman–Crippen MR) is 73.2 cm³/mol. The Morgan fingerprint density at radius 3 is 2.68 bits per heavy atom. The van der Waals surface area contributed by atoms with E-state index in [1.165, 1.54) is 10.7 Å². The summed E-state index contributed by atoms with van der Waals surface area (Å²) in [5.74, 6) is 0.507. The summed E-state index contributed by atoms with van der Waals surface area (Å²) in [6.07, 6.45) is 3.47. The van der Waals surface area contributed by atoms with Crippen molar-refractivity contribution in [3.8, 4) is 0 Å². The summed E-state index contributed by atoms with van der Waals surface area (Å²) >= 11 is 0. The molecule has 0 aliphatic heterocycles.